The summed E-state index contributed by atoms with van der Waals surface area (Å²) >= 11 is 0. The first kappa shape index (κ1) is 17.8. The van der Waals surface area contributed by atoms with Crippen LogP contribution in [0, 0.1) is 13.8 Å². The number of aromatic nitrogens is 4. The second kappa shape index (κ2) is 7.51. The number of amides is 1. The van der Waals surface area contributed by atoms with E-state index in [0.29, 0.717) is 23.6 Å². The van der Waals surface area contributed by atoms with Gasteiger partial charge >= 0.3 is 0 Å². The van der Waals surface area contributed by atoms with Crippen LogP contribution in [0.2, 0.25) is 0 Å². The van der Waals surface area contributed by atoms with Gasteiger partial charge in [-0.1, -0.05) is 18.2 Å². The van der Waals surface area contributed by atoms with Crippen LogP contribution in [0.3, 0.4) is 0 Å². The highest BCUT2D eigenvalue weighted by Crippen LogP contribution is 2.12. The Morgan fingerprint density at radius 2 is 2.00 bits per heavy atom. The van der Waals surface area contributed by atoms with E-state index in [-0.39, 0.29) is 17.9 Å². The van der Waals surface area contributed by atoms with Crippen LogP contribution in [-0.2, 0) is 24.8 Å². The van der Waals surface area contributed by atoms with Crippen molar-refractivity contribution < 1.29 is 4.79 Å². The van der Waals surface area contributed by atoms with Gasteiger partial charge in [0, 0.05) is 31.1 Å². The first-order chi connectivity index (χ1) is 12.5. The lowest BCUT2D eigenvalue weighted by molar-refractivity contribution is -0.120. The number of para-hydroxylation sites is 1. The molecule has 0 saturated carbocycles. The molecule has 0 unspecified atom stereocenters. The average molecular weight is 353 g/mol. The van der Waals surface area contributed by atoms with E-state index in [4.69, 9.17) is 0 Å². The first-order valence-corrected chi connectivity index (χ1v) is 8.67. The maximum absolute atomic E-state index is 12.2. The number of hydrogen-bond donors (Lipinski definition) is 1. The van der Waals surface area contributed by atoms with Crippen LogP contribution in [0.15, 0.2) is 35.3 Å². The minimum absolute atomic E-state index is 0.106. The van der Waals surface area contributed by atoms with E-state index in [1.54, 1.807) is 20.9 Å². The lowest BCUT2D eigenvalue weighted by Crippen LogP contribution is -2.30. The highest BCUT2D eigenvalue weighted by molar-refractivity contribution is 5.79. The van der Waals surface area contributed by atoms with Crippen molar-refractivity contribution in [2.75, 3.05) is 6.54 Å². The molecule has 2 aromatic heterocycles. The number of hydrogen-bond acceptors (Lipinski definition) is 4. The molecule has 1 N–H and O–H groups in total. The lowest BCUT2D eigenvalue weighted by atomic mass is 10.2. The monoisotopic (exact) mass is 353 g/mol. The van der Waals surface area contributed by atoms with Crippen LogP contribution in [0.4, 0.5) is 0 Å². The molecule has 7 nitrogen and oxygen atoms in total. The quantitative estimate of drug-likeness (QED) is 0.681. The second-order valence-corrected chi connectivity index (χ2v) is 6.40. The molecule has 0 bridgehead atoms. The maximum atomic E-state index is 12.2. The predicted molar refractivity (Wildman–Crippen MR) is 100 cm³/mol. The normalized spacial score (nSPS) is 11.0. The summed E-state index contributed by atoms with van der Waals surface area (Å²) in [4.78, 5) is 28.6. The van der Waals surface area contributed by atoms with Crippen LogP contribution >= 0.6 is 0 Å². The van der Waals surface area contributed by atoms with Gasteiger partial charge in [-0.05, 0) is 26.3 Å². The third kappa shape index (κ3) is 3.66. The number of aryl methyl sites for hydroxylation is 2. The SMILES string of the molecule is Cc1c(CC(=O)NCCCn2ncc3ccccc32)nc(C)n(C)c1=O. The van der Waals surface area contributed by atoms with Gasteiger partial charge in [0.1, 0.15) is 5.82 Å². The van der Waals surface area contributed by atoms with E-state index in [1.165, 1.54) is 4.57 Å². The van der Waals surface area contributed by atoms with Crippen molar-refractivity contribution in [2.24, 2.45) is 7.05 Å². The molecular formula is C19H23N5O2. The molecule has 3 aromatic rings. The van der Waals surface area contributed by atoms with Gasteiger partial charge in [0.15, 0.2) is 0 Å². The smallest absolute Gasteiger partial charge is 0.256 e. The van der Waals surface area contributed by atoms with Crippen LogP contribution in [0.5, 0.6) is 0 Å². The molecule has 0 aliphatic heterocycles. The molecule has 0 aliphatic carbocycles. The van der Waals surface area contributed by atoms with E-state index < -0.39 is 0 Å². The average Bonchev–Trinajstić information content (AvgIpc) is 3.05. The molecule has 3 rings (SSSR count). The van der Waals surface area contributed by atoms with Crippen molar-refractivity contribution in [3.63, 3.8) is 0 Å². The van der Waals surface area contributed by atoms with Crippen molar-refractivity contribution >= 4 is 16.8 Å². The molecule has 0 fully saturated rings. The first-order valence-electron chi connectivity index (χ1n) is 8.67. The van der Waals surface area contributed by atoms with Gasteiger partial charge in [0.2, 0.25) is 5.91 Å². The summed E-state index contributed by atoms with van der Waals surface area (Å²) in [5, 5.41) is 8.38. The summed E-state index contributed by atoms with van der Waals surface area (Å²) in [6.07, 6.45) is 2.74. The summed E-state index contributed by atoms with van der Waals surface area (Å²) in [5.74, 6) is 0.479. The summed E-state index contributed by atoms with van der Waals surface area (Å²) in [7, 11) is 1.68. The summed E-state index contributed by atoms with van der Waals surface area (Å²) < 4.78 is 3.43. The van der Waals surface area contributed by atoms with Crippen LogP contribution in [-0.4, -0.2) is 31.8 Å². The molecule has 136 valence electrons. The van der Waals surface area contributed by atoms with Crippen molar-refractivity contribution in [1.29, 1.82) is 0 Å². The van der Waals surface area contributed by atoms with Crippen molar-refractivity contribution in [1.82, 2.24) is 24.6 Å². The topological polar surface area (TPSA) is 81.8 Å². The molecule has 2 heterocycles. The summed E-state index contributed by atoms with van der Waals surface area (Å²) in [6.45, 7) is 4.75. The highest BCUT2D eigenvalue weighted by atomic mass is 16.1. The van der Waals surface area contributed by atoms with Crippen molar-refractivity contribution in [2.45, 2.75) is 33.2 Å². The Morgan fingerprint density at radius 3 is 2.81 bits per heavy atom. The van der Waals surface area contributed by atoms with Crippen molar-refractivity contribution in [3.8, 4) is 0 Å². The fourth-order valence-electron chi connectivity index (χ4n) is 2.92. The molecule has 0 atom stereocenters. The fourth-order valence-corrected chi connectivity index (χ4v) is 2.92. The number of fused-ring (bicyclic) bond motifs is 1. The van der Waals surface area contributed by atoms with Gasteiger partial charge < -0.3 is 5.32 Å². The zero-order valence-electron chi connectivity index (χ0n) is 15.3. The second-order valence-electron chi connectivity index (χ2n) is 6.40. The minimum atomic E-state index is -0.126. The van der Waals surface area contributed by atoms with E-state index in [9.17, 15) is 9.59 Å². The number of nitrogens with zero attached hydrogens (tertiary/aromatic N) is 4. The molecule has 7 heteroatoms. The van der Waals surface area contributed by atoms with Gasteiger partial charge in [-0.25, -0.2) is 4.98 Å². The van der Waals surface area contributed by atoms with Crippen LogP contribution < -0.4 is 10.9 Å². The van der Waals surface area contributed by atoms with Gasteiger partial charge in [0.25, 0.3) is 5.56 Å². The van der Waals surface area contributed by atoms with Gasteiger partial charge in [-0.3, -0.25) is 18.8 Å². The third-order valence-electron chi connectivity index (χ3n) is 4.59. The fraction of sp³-hybridized carbons (Fsp3) is 0.368. The van der Waals surface area contributed by atoms with E-state index in [2.05, 4.69) is 15.4 Å². The van der Waals surface area contributed by atoms with E-state index >= 15 is 0 Å². The van der Waals surface area contributed by atoms with Gasteiger partial charge in [0.05, 0.1) is 23.8 Å². The molecule has 0 aliphatic rings. The zero-order chi connectivity index (χ0) is 18.7. The lowest BCUT2D eigenvalue weighted by Gasteiger charge is -2.10. The van der Waals surface area contributed by atoms with Crippen LogP contribution in [0.1, 0.15) is 23.5 Å². The maximum Gasteiger partial charge on any atom is 0.256 e. The third-order valence-corrected chi connectivity index (χ3v) is 4.59. The molecule has 1 amide bonds. The van der Waals surface area contributed by atoms with Crippen molar-refractivity contribution in [3.05, 3.63) is 57.9 Å². The number of carbonyl (C=O) groups is 1. The number of rotatable bonds is 6. The molecule has 0 radical (unpaired) electrons. The minimum Gasteiger partial charge on any atom is -0.356 e. The molecule has 1 aromatic carbocycles. The molecule has 0 saturated heterocycles. The Hall–Kier alpha value is -2.96. The molecule has 26 heavy (non-hydrogen) atoms. The largest absolute Gasteiger partial charge is 0.356 e. The Kier molecular flexibility index (Phi) is 5.16. The predicted octanol–water partition coefficient (Wildman–Crippen LogP) is 1.50. The molecular weight excluding hydrogens is 330 g/mol. The van der Waals surface area contributed by atoms with Crippen LogP contribution in [0.25, 0.3) is 10.9 Å². The standard InChI is InChI=1S/C19H23N5O2/c1-13-16(22-14(2)23(3)19(13)26)11-18(25)20-9-6-10-24-17-8-5-4-7-15(17)12-21-24/h4-5,7-8,12H,6,9-11H2,1-3H3,(H,20,25). The number of nitrogens with one attached hydrogen (secondary N) is 1. The Bertz CT molecular complexity index is 1000. The molecule has 0 spiro atoms. The Balaban J connectivity index is 1.53. The number of benzene rings is 1. The highest BCUT2D eigenvalue weighted by Gasteiger charge is 2.12. The zero-order valence-corrected chi connectivity index (χ0v) is 15.3. The van der Waals surface area contributed by atoms with Gasteiger partial charge in [-0.2, -0.15) is 5.10 Å². The van der Waals surface area contributed by atoms with E-state index in [1.807, 2.05) is 35.1 Å². The Labute approximate surface area is 151 Å². The van der Waals surface area contributed by atoms with Gasteiger partial charge in [-0.15, -0.1) is 0 Å². The van der Waals surface area contributed by atoms with E-state index in [0.717, 1.165) is 23.9 Å². The Morgan fingerprint density at radius 1 is 1.23 bits per heavy atom. The summed E-state index contributed by atoms with van der Waals surface area (Å²) in [5.41, 5.74) is 2.05. The summed E-state index contributed by atoms with van der Waals surface area (Å²) in [6, 6.07) is 8.04. The number of carbonyl (C=O) groups excluding carboxylic acids is 1.